The Bertz CT molecular complexity index is 500. The summed E-state index contributed by atoms with van der Waals surface area (Å²) in [7, 11) is 4.14. The molecule has 0 atom stereocenters. The molecule has 1 aromatic heterocycles. The number of carbonyl (C=O) groups excluding carboxylic acids is 1. The van der Waals surface area contributed by atoms with Crippen LogP contribution in [0.25, 0.3) is 0 Å². The maximum absolute atomic E-state index is 12.5. The van der Waals surface area contributed by atoms with Crippen LogP contribution in [0.4, 0.5) is 5.82 Å². The fourth-order valence-electron chi connectivity index (χ4n) is 2.31. The third-order valence-corrected chi connectivity index (χ3v) is 4.07. The summed E-state index contributed by atoms with van der Waals surface area (Å²) < 4.78 is 0.768. The smallest absolute Gasteiger partial charge is 0.257 e. The summed E-state index contributed by atoms with van der Waals surface area (Å²) in [6.45, 7) is 5.35. The Balaban J connectivity index is 1.92. The van der Waals surface area contributed by atoms with Crippen molar-refractivity contribution in [3.63, 3.8) is 0 Å². The van der Waals surface area contributed by atoms with Gasteiger partial charge in [-0.3, -0.25) is 9.69 Å². The molecular formula is C14H22BrN5O. The lowest BCUT2D eigenvalue weighted by Crippen LogP contribution is -2.50. The van der Waals surface area contributed by atoms with Crippen LogP contribution in [0, 0.1) is 0 Å². The fraction of sp³-hybridized carbons (Fsp3) is 0.571. The lowest BCUT2D eigenvalue weighted by atomic mass is 10.2. The maximum Gasteiger partial charge on any atom is 0.257 e. The molecule has 0 saturated carbocycles. The van der Waals surface area contributed by atoms with E-state index < -0.39 is 0 Å². The zero-order valence-corrected chi connectivity index (χ0v) is 14.1. The Morgan fingerprint density at radius 3 is 2.67 bits per heavy atom. The van der Waals surface area contributed by atoms with Gasteiger partial charge < -0.3 is 15.5 Å². The molecule has 1 aliphatic rings. The van der Waals surface area contributed by atoms with Crippen molar-refractivity contribution >= 4 is 27.7 Å². The van der Waals surface area contributed by atoms with Crippen molar-refractivity contribution in [3.05, 3.63) is 22.3 Å². The lowest BCUT2D eigenvalue weighted by molar-refractivity contribution is 0.0630. The molecule has 1 saturated heterocycles. The summed E-state index contributed by atoms with van der Waals surface area (Å²) in [6.07, 6.45) is 1.60. The Hall–Kier alpha value is -1.18. The molecule has 2 N–H and O–H groups in total. The fourth-order valence-corrected chi connectivity index (χ4v) is 2.64. The van der Waals surface area contributed by atoms with E-state index in [1.54, 1.807) is 12.3 Å². The number of carbonyl (C=O) groups is 1. The highest BCUT2D eigenvalue weighted by atomic mass is 79.9. The third kappa shape index (κ3) is 4.39. The molecule has 6 nitrogen and oxygen atoms in total. The molecule has 0 radical (unpaired) electrons. The van der Waals surface area contributed by atoms with Crippen molar-refractivity contribution in [2.75, 3.05) is 59.1 Å². The molecule has 21 heavy (non-hydrogen) atoms. The van der Waals surface area contributed by atoms with Crippen molar-refractivity contribution in [2.24, 2.45) is 0 Å². The van der Waals surface area contributed by atoms with E-state index in [4.69, 9.17) is 5.73 Å². The van der Waals surface area contributed by atoms with Gasteiger partial charge in [0.1, 0.15) is 5.82 Å². The van der Waals surface area contributed by atoms with Gasteiger partial charge in [-0.05, 0) is 36.1 Å². The van der Waals surface area contributed by atoms with E-state index in [9.17, 15) is 4.79 Å². The number of nitrogens with zero attached hydrogens (tertiary/aromatic N) is 4. The number of nitrogen functional groups attached to an aromatic ring is 1. The quantitative estimate of drug-likeness (QED) is 0.862. The predicted octanol–water partition coefficient (Wildman–Crippen LogP) is 0.746. The molecule has 7 heteroatoms. The second kappa shape index (κ2) is 7.20. The number of hydrogen-bond acceptors (Lipinski definition) is 5. The number of likely N-dealkylation sites (N-methyl/N-ethyl adjacent to an activating group) is 1. The SMILES string of the molecule is CN(C)CCN1CCN(C(=O)c2cc(Br)cnc2N)CC1. The number of aromatic nitrogens is 1. The number of rotatable bonds is 4. The Labute approximate surface area is 134 Å². The van der Waals surface area contributed by atoms with Gasteiger partial charge in [0, 0.05) is 49.9 Å². The molecule has 1 aromatic rings. The first kappa shape index (κ1) is 16.2. The molecule has 2 rings (SSSR count). The van der Waals surface area contributed by atoms with Gasteiger partial charge in [-0.2, -0.15) is 0 Å². The largest absolute Gasteiger partial charge is 0.383 e. The van der Waals surface area contributed by atoms with Crippen molar-refractivity contribution in [3.8, 4) is 0 Å². The Morgan fingerprint density at radius 1 is 1.38 bits per heavy atom. The van der Waals surface area contributed by atoms with Gasteiger partial charge in [-0.1, -0.05) is 0 Å². The van der Waals surface area contributed by atoms with E-state index in [2.05, 4.69) is 44.8 Å². The number of hydrogen-bond donors (Lipinski definition) is 1. The van der Waals surface area contributed by atoms with Crippen molar-refractivity contribution < 1.29 is 4.79 Å². The van der Waals surface area contributed by atoms with Crippen LogP contribution in [0.5, 0.6) is 0 Å². The normalized spacial score (nSPS) is 16.5. The van der Waals surface area contributed by atoms with Crippen LogP contribution < -0.4 is 5.73 Å². The summed E-state index contributed by atoms with van der Waals surface area (Å²) >= 11 is 3.33. The summed E-state index contributed by atoms with van der Waals surface area (Å²) in [4.78, 5) is 22.9. The first-order valence-electron chi connectivity index (χ1n) is 7.05. The second-order valence-electron chi connectivity index (χ2n) is 5.52. The third-order valence-electron chi connectivity index (χ3n) is 3.64. The number of amides is 1. The Kier molecular flexibility index (Phi) is 5.55. The van der Waals surface area contributed by atoms with Crippen LogP contribution in [-0.2, 0) is 0 Å². The van der Waals surface area contributed by atoms with Crippen molar-refractivity contribution in [1.29, 1.82) is 0 Å². The molecule has 1 aliphatic heterocycles. The van der Waals surface area contributed by atoms with Gasteiger partial charge in [-0.15, -0.1) is 0 Å². The van der Waals surface area contributed by atoms with Crippen LogP contribution >= 0.6 is 15.9 Å². The molecule has 0 bridgehead atoms. The number of anilines is 1. The second-order valence-corrected chi connectivity index (χ2v) is 6.44. The van der Waals surface area contributed by atoms with E-state index in [0.29, 0.717) is 11.4 Å². The van der Waals surface area contributed by atoms with Crippen LogP contribution in [0.15, 0.2) is 16.7 Å². The maximum atomic E-state index is 12.5. The standard InChI is InChI=1S/C14H22BrN5O/c1-18(2)3-4-19-5-7-20(8-6-19)14(21)12-9-11(15)10-17-13(12)16/h9-10H,3-8H2,1-2H3,(H2,16,17). The van der Waals surface area contributed by atoms with Crippen molar-refractivity contribution in [2.45, 2.75) is 0 Å². The van der Waals surface area contributed by atoms with Crippen molar-refractivity contribution in [1.82, 2.24) is 19.7 Å². The minimum Gasteiger partial charge on any atom is -0.383 e. The molecule has 1 amide bonds. The van der Waals surface area contributed by atoms with Gasteiger partial charge in [0.15, 0.2) is 0 Å². The average Bonchev–Trinajstić information content (AvgIpc) is 2.47. The van der Waals surface area contributed by atoms with Gasteiger partial charge in [0.25, 0.3) is 5.91 Å². The molecule has 0 unspecified atom stereocenters. The highest BCUT2D eigenvalue weighted by Crippen LogP contribution is 2.18. The highest BCUT2D eigenvalue weighted by molar-refractivity contribution is 9.10. The number of nitrogens with two attached hydrogens (primary N) is 1. The minimum absolute atomic E-state index is 0.0337. The summed E-state index contributed by atoms with van der Waals surface area (Å²) in [5.41, 5.74) is 6.29. The molecule has 1 fully saturated rings. The molecule has 116 valence electrons. The van der Waals surface area contributed by atoms with E-state index in [0.717, 1.165) is 43.7 Å². The first-order chi connectivity index (χ1) is 9.97. The number of pyridine rings is 1. The van der Waals surface area contributed by atoms with Crippen LogP contribution in [0.1, 0.15) is 10.4 Å². The van der Waals surface area contributed by atoms with Gasteiger partial charge in [0.2, 0.25) is 0 Å². The molecule has 0 spiro atoms. The molecule has 0 aliphatic carbocycles. The monoisotopic (exact) mass is 355 g/mol. The summed E-state index contributed by atoms with van der Waals surface area (Å²) in [5, 5.41) is 0. The number of halogens is 1. The summed E-state index contributed by atoms with van der Waals surface area (Å²) in [6, 6.07) is 1.74. The average molecular weight is 356 g/mol. The molecule has 2 heterocycles. The zero-order chi connectivity index (χ0) is 15.4. The minimum atomic E-state index is -0.0337. The predicted molar refractivity (Wildman–Crippen MR) is 87.2 cm³/mol. The topological polar surface area (TPSA) is 65.7 Å². The zero-order valence-electron chi connectivity index (χ0n) is 12.5. The number of piperazine rings is 1. The van der Waals surface area contributed by atoms with E-state index >= 15 is 0 Å². The van der Waals surface area contributed by atoms with Gasteiger partial charge in [0.05, 0.1) is 5.56 Å². The lowest BCUT2D eigenvalue weighted by Gasteiger charge is -2.35. The van der Waals surface area contributed by atoms with Crippen LogP contribution in [0.2, 0.25) is 0 Å². The Morgan fingerprint density at radius 2 is 2.05 bits per heavy atom. The van der Waals surface area contributed by atoms with E-state index in [-0.39, 0.29) is 5.91 Å². The van der Waals surface area contributed by atoms with Gasteiger partial charge >= 0.3 is 0 Å². The first-order valence-corrected chi connectivity index (χ1v) is 7.84. The van der Waals surface area contributed by atoms with Crippen LogP contribution in [-0.4, -0.2) is 79.0 Å². The highest BCUT2D eigenvalue weighted by Gasteiger charge is 2.23. The molecular weight excluding hydrogens is 334 g/mol. The van der Waals surface area contributed by atoms with Crippen LogP contribution in [0.3, 0.4) is 0 Å². The molecule has 0 aromatic carbocycles. The van der Waals surface area contributed by atoms with E-state index in [1.807, 2.05) is 4.90 Å². The van der Waals surface area contributed by atoms with E-state index in [1.165, 1.54) is 0 Å². The van der Waals surface area contributed by atoms with Gasteiger partial charge in [-0.25, -0.2) is 4.98 Å². The summed E-state index contributed by atoms with van der Waals surface area (Å²) in [5.74, 6) is 0.256.